The third-order valence-electron chi connectivity index (χ3n) is 3.19. The minimum atomic E-state index is 0.0166. The van der Waals surface area contributed by atoms with Gasteiger partial charge in [0.1, 0.15) is 0 Å². The summed E-state index contributed by atoms with van der Waals surface area (Å²) >= 11 is 0. The first-order valence-corrected chi connectivity index (χ1v) is 5.61. The fourth-order valence-electron chi connectivity index (χ4n) is 2.04. The van der Waals surface area contributed by atoms with Crippen molar-refractivity contribution in [2.45, 2.75) is 18.6 Å². The molecule has 0 atom stereocenters. The molecule has 0 spiro atoms. The Morgan fingerprint density at radius 3 is 2.19 bits per heavy atom. The van der Waals surface area contributed by atoms with Crippen LogP contribution >= 0.6 is 0 Å². The molecular formula is C13H19NO2. The summed E-state index contributed by atoms with van der Waals surface area (Å²) in [5, 5.41) is 3.26. The van der Waals surface area contributed by atoms with Crippen LogP contribution in [0.1, 0.15) is 11.1 Å². The van der Waals surface area contributed by atoms with Crippen molar-refractivity contribution >= 4 is 0 Å². The number of rotatable bonds is 5. The third kappa shape index (κ3) is 2.43. The molecule has 1 aromatic carbocycles. The third-order valence-corrected chi connectivity index (χ3v) is 3.19. The zero-order valence-electron chi connectivity index (χ0n) is 9.95. The Labute approximate surface area is 96.8 Å². The lowest BCUT2D eigenvalue weighted by Crippen LogP contribution is -2.61. The van der Waals surface area contributed by atoms with Crippen molar-refractivity contribution in [3.63, 3.8) is 0 Å². The zero-order valence-corrected chi connectivity index (χ0v) is 9.95. The van der Waals surface area contributed by atoms with Gasteiger partial charge >= 0.3 is 0 Å². The van der Waals surface area contributed by atoms with Crippen LogP contribution in [0.5, 0.6) is 0 Å². The van der Waals surface area contributed by atoms with Crippen molar-refractivity contribution in [2.75, 3.05) is 27.3 Å². The predicted octanol–water partition coefficient (Wildman–Crippen LogP) is 1.36. The van der Waals surface area contributed by atoms with Gasteiger partial charge in [-0.15, -0.1) is 0 Å². The normalized spacial score (nSPS) is 18.1. The molecule has 3 nitrogen and oxygen atoms in total. The molecule has 0 unspecified atom stereocenters. The van der Waals surface area contributed by atoms with Crippen LogP contribution in [0.3, 0.4) is 0 Å². The van der Waals surface area contributed by atoms with Crippen LogP contribution in [0.2, 0.25) is 0 Å². The van der Waals surface area contributed by atoms with E-state index in [0.717, 1.165) is 19.5 Å². The van der Waals surface area contributed by atoms with Crippen molar-refractivity contribution in [1.29, 1.82) is 0 Å². The summed E-state index contributed by atoms with van der Waals surface area (Å²) < 4.78 is 10.7. The molecule has 3 heteroatoms. The minimum absolute atomic E-state index is 0.0166. The lowest BCUT2D eigenvalue weighted by atomic mass is 9.88. The van der Waals surface area contributed by atoms with Crippen LogP contribution < -0.4 is 5.32 Å². The lowest BCUT2D eigenvalue weighted by molar-refractivity contribution is -0.0502. The predicted molar refractivity (Wildman–Crippen MR) is 63.5 cm³/mol. The summed E-state index contributed by atoms with van der Waals surface area (Å²) in [5.41, 5.74) is 2.55. The van der Waals surface area contributed by atoms with E-state index in [-0.39, 0.29) is 5.60 Å². The van der Waals surface area contributed by atoms with Crippen LogP contribution in [0.25, 0.3) is 0 Å². The maximum atomic E-state index is 5.57. The van der Waals surface area contributed by atoms with Gasteiger partial charge in [0.05, 0.1) is 12.2 Å². The molecule has 1 fully saturated rings. The Morgan fingerprint density at radius 2 is 1.75 bits per heavy atom. The van der Waals surface area contributed by atoms with Gasteiger partial charge in [-0.25, -0.2) is 0 Å². The number of nitrogens with one attached hydrogen (secondary N) is 1. The molecule has 0 radical (unpaired) electrons. The van der Waals surface area contributed by atoms with Gasteiger partial charge in [0.25, 0.3) is 0 Å². The van der Waals surface area contributed by atoms with E-state index >= 15 is 0 Å². The van der Waals surface area contributed by atoms with Gasteiger partial charge < -0.3 is 14.8 Å². The van der Waals surface area contributed by atoms with Gasteiger partial charge in [-0.05, 0) is 11.1 Å². The molecule has 0 aliphatic carbocycles. The Balaban J connectivity index is 1.99. The fraction of sp³-hybridized carbons (Fsp3) is 0.538. The van der Waals surface area contributed by atoms with Crippen molar-refractivity contribution in [3.05, 3.63) is 35.4 Å². The average molecular weight is 221 g/mol. The van der Waals surface area contributed by atoms with Crippen LogP contribution in [-0.4, -0.2) is 32.9 Å². The van der Waals surface area contributed by atoms with Gasteiger partial charge in [0, 0.05) is 33.7 Å². The lowest BCUT2D eigenvalue weighted by Gasteiger charge is -2.41. The molecule has 1 aromatic rings. The maximum absolute atomic E-state index is 5.57. The molecule has 1 heterocycles. The first-order valence-electron chi connectivity index (χ1n) is 5.61. The zero-order chi connectivity index (χ0) is 11.4. The second kappa shape index (κ2) is 4.95. The van der Waals surface area contributed by atoms with Crippen molar-refractivity contribution in [2.24, 2.45) is 0 Å². The van der Waals surface area contributed by atoms with E-state index in [1.165, 1.54) is 11.1 Å². The standard InChI is InChI=1S/C13H19NO2/c1-15-8-12-5-3-11(4-6-12)7-13(16-2)9-14-10-13/h3-6,14H,7-10H2,1-2H3. The molecule has 0 bridgehead atoms. The van der Waals surface area contributed by atoms with E-state index < -0.39 is 0 Å². The molecule has 0 saturated carbocycles. The second-order valence-electron chi connectivity index (χ2n) is 4.42. The SMILES string of the molecule is COCc1ccc(CC2(OC)CNC2)cc1. The van der Waals surface area contributed by atoms with Crippen molar-refractivity contribution < 1.29 is 9.47 Å². The van der Waals surface area contributed by atoms with Crippen LogP contribution in [-0.2, 0) is 22.5 Å². The Bertz CT molecular complexity index is 325. The summed E-state index contributed by atoms with van der Waals surface area (Å²) in [4.78, 5) is 0. The van der Waals surface area contributed by atoms with Crippen LogP contribution in [0.15, 0.2) is 24.3 Å². The summed E-state index contributed by atoms with van der Waals surface area (Å²) in [6, 6.07) is 8.56. The van der Waals surface area contributed by atoms with Gasteiger partial charge in [0.15, 0.2) is 0 Å². The summed E-state index contributed by atoms with van der Waals surface area (Å²) in [6.07, 6.45) is 0.976. The van der Waals surface area contributed by atoms with E-state index in [1.807, 2.05) is 0 Å². The second-order valence-corrected chi connectivity index (χ2v) is 4.42. The first-order chi connectivity index (χ1) is 7.78. The number of methoxy groups -OCH3 is 2. The molecule has 1 saturated heterocycles. The van der Waals surface area contributed by atoms with Gasteiger partial charge in [-0.3, -0.25) is 0 Å². The molecule has 1 N–H and O–H groups in total. The van der Waals surface area contributed by atoms with E-state index in [9.17, 15) is 0 Å². The van der Waals surface area contributed by atoms with Gasteiger partial charge in [-0.2, -0.15) is 0 Å². The highest BCUT2D eigenvalue weighted by atomic mass is 16.5. The number of ether oxygens (including phenoxy) is 2. The highest BCUT2D eigenvalue weighted by molar-refractivity contribution is 5.24. The highest BCUT2D eigenvalue weighted by Crippen LogP contribution is 2.21. The Kier molecular flexibility index (Phi) is 3.59. The topological polar surface area (TPSA) is 30.5 Å². The fourth-order valence-corrected chi connectivity index (χ4v) is 2.04. The number of benzene rings is 1. The van der Waals surface area contributed by atoms with E-state index in [2.05, 4.69) is 29.6 Å². The number of hydrogen-bond donors (Lipinski definition) is 1. The summed E-state index contributed by atoms with van der Waals surface area (Å²) in [7, 11) is 3.51. The Morgan fingerprint density at radius 1 is 1.12 bits per heavy atom. The van der Waals surface area contributed by atoms with Gasteiger partial charge in [-0.1, -0.05) is 24.3 Å². The van der Waals surface area contributed by atoms with Gasteiger partial charge in [0.2, 0.25) is 0 Å². The molecule has 0 amide bonds. The minimum Gasteiger partial charge on any atom is -0.380 e. The maximum Gasteiger partial charge on any atom is 0.0966 e. The molecular weight excluding hydrogens is 202 g/mol. The van der Waals surface area contributed by atoms with E-state index in [0.29, 0.717) is 6.61 Å². The van der Waals surface area contributed by atoms with E-state index in [4.69, 9.17) is 9.47 Å². The highest BCUT2D eigenvalue weighted by Gasteiger charge is 2.36. The average Bonchev–Trinajstić information content (AvgIpc) is 2.26. The molecule has 1 aliphatic rings. The van der Waals surface area contributed by atoms with Crippen molar-refractivity contribution in [1.82, 2.24) is 5.32 Å². The van der Waals surface area contributed by atoms with E-state index in [1.54, 1.807) is 14.2 Å². The quantitative estimate of drug-likeness (QED) is 0.814. The molecule has 16 heavy (non-hydrogen) atoms. The molecule has 0 aromatic heterocycles. The van der Waals surface area contributed by atoms with Crippen LogP contribution in [0, 0.1) is 0 Å². The largest absolute Gasteiger partial charge is 0.380 e. The molecule has 2 rings (SSSR count). The monoisotopic (exact) mass is 221 g/mol. The summed E-state index contributed by atoms with van der Waals surface area (Å²) in [6.45, 7) is 2.57. The van der Waals surface area contributed by atoms with Crippen molar-refractivity contribution in [3.8, 4) is 0 Å². The number of hydrogen-bond acceptors (Lipinski definition) is 3. The summed E-state index contributed by atoms with van der Waals surface area (Å²) in [5.74, 6) is 0. The smallest absolute Gasteiger partial charge is 0.0966 e. The van der Waals surface area contributed by atoms with Crippen LogP contribution in [0.4, 0.5) is 0 Å². The molecule has 88 valence electrons. The molecule has 1 aliphatic heterocycles. The first kappa shape index (κ1) is 11.6. The Hall–Kier alpha value is -0.900.